The first-order chi connectivity index (χ1) is 15.8. The Morgan fingerprint density at radius 3 is 2.36 bits per heavy atom. The van der Waals surface area contributed by atoms with Crippen molar-refractivity contribution < 1.29 is 29.6 Å². The molecule has 0 amide bonds. The fraction of sp³-hybridized carbons (Fsp3) is 0.231. The van der Waals surface area contributed by atoms with Crippen LogP contribution >= 0.6 is 0 Å². The molecule has 2 aromatic carbocycles. The van der Waals surface area contributed by atoms with E-state index in [9.17, 15) is 24.9 Å². The number of ether oxygens (including phenoxy) is 1. The Labute approximate surface area is 188 Å². The van der Waals surface area contributed by atoms with Gasteiger partial charge in [-0.3, -0.25) is 9.59 Å². The van der Waals surface area contributed by atoms with Gasteiger partial charge in [0.1, 0.15) is 11.8 Å². The van der Waals surface area contributed by atoms with Crippen LogP contribution in [0.15, 0.2) is 42.5 Å². The minimum atomic E-state index is -1.56. The summed E-state index contributed by atoms with van der Waals surface area (Å²) >= 11 is 0. The van der Waals surface area contributed by atoms with Crippen molar-refractivity contribution in [1.82, 2.24) is 0 Å². The van der Waals surface area contributed by atoms with E-state index in [0.717, 1.165) is 0 Å². The number of phenolic OH excluding ortho intramolecular Hbond substituents is 1. The number of fused-ring (bicyclic) bond motifs is 4. The zero-order chi connectivity index (χ0) is 23.1. The fourth-order valence-corrected chi connectivity index (χ4v) is 5.39. The molecule has 1 unspecified atom stereocenters. The van der Waals surface area contributed by atoms with E-state index in [-0.39, 0.29) is 33.5 Å². The molecule has 4 aliphatic rings. The average molecular weight is 439 g/mol. The Morgan fingerprint density at radius 1 is 1.06 bits per heavy atom. The molecule has 2 bridgehead atoms. The smallest absolute Gasteiger partial charge is 0.198 e. The summed E-state index contributed by atoms with van der Waals surface area (Å²) in [6, 6.07) is 6.88. The van der Waals surface area contributed by atoms with Crippen LogP contribution in [0.25, 0.3) is 0 Å². The molecule has 4 N–H and O–H groups in total. The van der Waals surface area contributed by atoms with Crippen molar-refractivity contribution in [2.75, 3.05) is 5.32 Å². The number of carbonyl (C=O) groups excluding carboxylic acids is 2. The first-order valence-electron chi connectivity index (χ1n) is 10.4. The van der Waals surface area contributed by atoms with Gasteiger partial charge in [0.2, 0.25) is 0 Å². The highest BCUT2D eigenvalue weighted by Gasteiger charge is 2.82. The molecule has 0 saturated carbocycles. The number of allylic oxidation sites excluding steroid dienone is 2. The van der Waals surface area contributed by atoms with Crippen molar-refractivity contribution >= 4 is 17.3 Å². The summed E-state index contributed by atoms with van der Waals surface area (Å²) < 4.78 is 6.12. The maximum Gasteiger partial charge on any atom is 0.198 e. The number of benzene rings is 2. The van der Waals surface area contributed by atoms with Crippen LogP contribution in [0.1, 0.15) is 44.3 Å². The number of anilines is 1. The molecule has 162 valence electrons. The molecule has 1 saturated heterocycles. The second kappa shape index (κ2) is 6.34. The Hall–Kier alpha value is -3.88. The molecule has 2 aromatic rings. The maximum atomic E-state index is 13.6. The fourth-order valence-electron chi connectivity index (χ4n) is 5.39. The van der Waals surface area contributed by atoms with Gasteiger partial charge in [-0.1, -0.05) is 47.9 Å². The largest absolute Gasteiger partial charge is 0.507 e. The van der Waals surface area contributed by atoms with Crippen molar-refractivity contribution in [3.8, 4) is 29.4 Å². The van der Waals surface area contributed by atoms with Gasteiger partial charge in [0.25, 0.3) is 0 Å². The number of rotatable bonds is 1. The van der Waals surface area contributed by atoms with Gasteiger partial charge in [-0.25, -0.2) is 0 Å². The molecule has 2 aliphatic heterocycles. The number of aliphatic hydroxyl groups excluding tert-OH is 2. The highest BCUT2D eigenvalue weighted by atomic mass is 16.7. The Morgan fingerprint density at radius 2 is 1.70 bits per heavy atom. The Balaban J connectivity index is 1.69. The van der Waals surface area contributed by atoms with Crippen LogP contribution in [0.2, 0.25) is 0 Å². The SMILES string of the molecule is CC(O)[C@@]12O[C@]13c1cc(O)c4c(c1N[C@H]2C#C/C=C/C#C[C@H]3O)C(=O)c1ccccc1C4=O. The molecular formula is C26H17NO6. The van der Waals surface area contributed by atoms with E-state index in [1.54, 1.807) is 24.3 Å². The van der Waals surface area contributed by atoms with Crippen LogP contribution in [0.5, 0.6) is 5.75 Å². The minimum absolute atomic E-state index is 0.0117. The number of carbonyl (C=O) groups is 2. The van der Waals surface area contributed by atoms with E-state index in [4.69, 9.17) is 4.74 Å². The minimum Gasteiger partial charge on any atom is -0.507 e. The number of aliphatic hydroxyl groups is 2. The third-order valence-electron chi connectivity index (χ3n) is 6.87. The highest BCUT2D eigenvalue weighted by Crippen LogP contribution is 2.67. The van der Waals surface area contributed by atoms with Gasteiger partial charge < -0.3 is 25.4 Å². The predicted molar refractivity (Wildman–Crippen MR) is 117 cm³/mol. The van der Waals surface area contributed by atoms with Gasteiger partial charge in [0.05, 0.1) is 22.9 Å². The van der Waals surface area contributed by atoms with Crippen LogP contribution in [0.4, 0.5) is 5.69 Å². The van der Waals surface area contributed by atoms with Crippen LogP contribution < -0.4 is 5.32 Å². The summed E-state index contributed by atoms with van der Waals surface area (Å²) in [5.41, 5.74) is -2.18. The van der Waals surface area contributed by atoms with Crippen LogP contribution in [-0.4, -0.2) is 50.7 Å². The van der Waals surface area contributed by atoms with E-state index < -0.39 is 46.8 Å². The molecule has 1 fully saturated rings. The number of aromatic hydroxyl groups is 1. The van der Waals surface area contributed by atoms with Crippen LogP contribution in [0, 0.1) is 23.7 Å². The monoisotopic (exact) mass is 439 g/mol. The topological polar surface area (TPSA) is 119 Å². The van der Waals surface area contributed by atoms with Gasteiger partial charge in [0, 0.05) is 16.7 Å². The van der Waals surface area contributed by atoms with Crippen molar-refractivity contribution in [3.05, 3.63) is 70.3 Å². The second-order valence-electron chi connectivity index (χ2n) is 8.47. The summed E-state index contributed by atoms with van der Waals surface area (Å²) in [4.78, 5) is 26.8. The lowest BCUT2D eigenvalue weighted by Crippen LogP contribution is -2.54. The summed E-state index contributed by atoms with van der Waals surface area (Å²) in [6.45, 7) is 1.52. The third-order valence-corrected chi connectivity index (χ3v) is 6.87. The number of ketones is 2. The molecular weight excluding hydrogens is 422 g/mol. The van der Waals surface area contributed by atoms with Crippen molar-refractivity contribution in [2.24, 2.45) is 0 Å². The summed E-state index contributed by atoms with van der Waals surface area (Å²) in [5.74, 6) is 9.90. The first kappa shape index (κ1) is 19.8. The molecule has 0 spiro atoms. The highest BCUT2D eigenvalue weighted by molar-refractivity contribution is 6.31. The van der Waals surface area contributed by atoms with Gasteiger partial charge >= 0.3 is 0 Å². The summed E-state index contributed by atoms with van der Waals surface area (Å²) in [7, 11) is 0. The third kappa shape index (κ3) is 2.21. The maximum absolute atomic E-state index is 13.6. The quantitative estimate of drug-likeness (QED) is 0.256. The van der Waals surface area contributed by atoms with Gasteiger partial charge in [0.15, 0.2) is 28.9 Å². The van der Waals surface area contributed by atoms with E-state index in [0.29, 0.717) is 0 Å². The standard InChI is InChI=1S/C26H17NO6/c1-13(28)25-18-10-4-2-3-5-11-19(30)26(25,33-25)16-12-17(29)20-21(22(16)27-18)24(32)15-9-7-6-8-14(15)23(20)31/h2-3,6-9,12-13,18-19,27-30H,1H3/b3-2+/t13?,18-,19+,25-,26-/m0/s1. The predicted octanol–water partition coefficient (Wildman–Crippen LogP) is 1.24. The van der Waals surface area contributed by atoms with Crippen molar-refractivity contribution in [1.29, 1.82) is 0 Å². The molecule has 7 nitrogen and oxygen atoms in total. The number of epoxide rings is 1. The molecule has 6 rings (SSSR count). The molecule has 0 radical (unpaired) electrons. The zero-order valence-corrected chi connectivity index (χ0v) is 17.3. The number of nitrogens with one attached hydrogen (secondary N) is 1. The summed E-state index contributed by atoms with van der Waals surface area (Å²) in [6.07, 6.45) is 0.511. The lowest BCUT2D eigenvalue weighted by molar-refractivity contribution is 0.0867. The van der Waals surface area contributed by atoms with Gasteiger partial charge in [-0.05, 0) is 25.1 Å². The van der Waals surface area contributed by atoms with E-state index >= 15 is 0 Å². The van der Waals surface area contributed by atoms with Gasteiger partial charge in [-0.15, -0.1) is 0 Å². The normalized spacial score (nSPS) is 31.6. The average Bonchev–Trinajstić information content (AvgIpc) is 3.53. The van der Waals surface area contributed by atoms with Crippen LogP contribution in [-0.2, 0) is 10.3 Å². The molecule has 0 aromatic heterocycles. The van der Waals surface area contributed by atoms with E-state index in [2.05, 4.69) is 29.0 Å². The lowest BCUT2D eigenvalue weighted by Gasteiger charge is -2.37. The van der Waals surface area contributed by atoms with Crippen molar-refractivity contribution in [2.45, 2.75) is 36.4 Å². The molecule has 5 atom stereocenters. The Kier molecular flexibility index (Phi) is 3.80. The lowest BCUT2D eigenvalue weighted by atomic mass is 9.69. The van der Waals surface area contributed by atoms with Crippen LogP contribution in [0.3, 0.4) is 0 Å². The second-order valence-corrected chi connectivity index (χ2v) is 8.47. The van der Waals surface area contributed by atoms with E-state index in [1.807, 2.05) is 0 Å². The number of hydrogen-bond donors (Lipinski definition) is 4. The Bertz CT molecular complexity index is 1450. The molecule has 7 heteroatoms. The molecule has 2 heterocycles. The number of phenols is 1. The first-order valence-corrected chi connectivity index (χ1v) is 10.4. The van der Waals surface area contributed by atoms with Gasteiger partial charge in [-0.2, -0.15) is 0 Å². The molecule has 33 heavy (non-hydrogen) atoms. The molecule has 2 aliphatic carbocycles. The van der Waals surface area contributed by atoms with Crippen molar-refractivity contribution in [3.63, 3.8) is 0 Å². The zero-order valence-electron chi connectivity index (χ0n) is 17.3. The number of hydrogen-bond acceptors (Lipinski definition) is 7. The summed E-state index contributed by atoms with van der Waals surface area (Å²) in [5, 5.41) is 36.0. The van der Waals surface area contributed by atoms with E-state index in [1.165, 1.54) is 25.1 Å².